The van der Waals surface area contributed by atoms with Crippen molar-refractivity contribution in [1.29, 1.82) is 0 Å². The van der Waals surface area contributed by atoms with Gasteiger partial charge >= 0.3 is 0 Å². The smallest absolute Gasteiger partial charge is 0.268 e. The minimum absolute atomic E-state index is 0.277. The highest BCUT2D eigenvalue weighted by atomic mass is 19.1. The number of halogens is 1. The Hall–Kier alpha value is -4.20. The molecule has 0 saturated heterocycles. The van der Waals surface area contributed by atoms with Crippen LogP contribution in [0.3, 0.4) is 0 Å². The van der Waals surface area contributed by atoms with E-state index in [0.717, 1.165) is 23.1 Å². The van der Waals surface area contributed by atoms with Gasteiger partial charge in [0.05, 0.1) is 24.1 Å². The summed E-state index contributed by atoms with van der Waals surface area (Å²) in [4.78, 5) is 18.8. The van der Waals surface area contributed by atoms with Crippen LogP contribution in [0, 0.1) is 5.82 Å². The highest BCUT2D eigenvalue weighted by Crippen LogP contribution is 2.34. The van der Waals surface area contributed by atoms with Crippen LogP contribution in [0.1, 0.15) is 5.56 Å². The first-order valence-electron chi connectivity index (χ1n) is 10.2. The number of aromatic nitrogens is 3. The van der Waals surface area contributed by atoms with Crippen molar-refractivity contribution in [2.24, 2.45) is 0 Å². The predicted molar refractivity (Wildman–Crippen MR) is 118 cm³/mol. The molecule has 32 heavy (non-hydrogen) atoms. The van der Waals surface area contributed by atoms with E-state index < -0.39 is 11.9 Å². The SMILES string of the molecule is O=C(Nc1ccc(F)cn1)C1CN(Cc2ccc(-n3cccn3)cc2)c2ccccc2O1. The van der Waals surface area contributed by atoms with Crippen molar-refractivity contribution in [3.8, 4) is 11.4 Å². The monoisotopic (exact) mass is 429 g/mol. The first-order valence-corrected chi connectivity index (χ1v) is 10.2. The van der Waals surface area contributed by atoms with E-state index in [1.165, 1.54) is 12.1 Å². The van der Waals surface area contributed by atoms with Crippen LogP contribution in [0.15, 0.2) is 85.3 Å². The Labute approximate surface area is 184 Å². The zero-order valence-corrected chi connectivity index (χ0v) is 17.1. The van der Waals surface area contributed by atoms with Crippen molar-refractivity contribution in [3.05, 3.63) is 96.7 Å². The topological polar surface area (TPSA) is 72.3 Å². The molecule has 0 fully saturated rings. The van der Waals surface area contributed by atoms with Crippen LogP contribution in [-0.2, 0) is 11.3 Å². The summed E-state index contributed by atoms with van der Waals surface area (Å²) in [7, 11) is 0. The van der Waals surface area contributed by atoms with Crippen LogP contribution < -0.4 is 15.0 Å². The van der Waals surface area contributed by atoms with E-state index >= 15 is 0 Å². The van der Waals surface area contributed by atoms with Crippen LogP contribution >= 0.6 is 0 Å². The summed E-state index contributed by atoms with van der Waals surface area (Å²) < 4.78 is 20.9. The number of carbonyl (C=O) groups is 1. The van der Waals surface area contributed by atoms with Crippen molar-refractivity contribution in [2.45, 2.75) is 12.6 Å². The molecule has 2 aromatic heterocycles. The lowest BCUT2D eigenvalue weighted by Crippen LogP contribution is -2.46. The van der Waals surface area contributed by atoms with Gasteiger partial charge in [0.25, 0.3) is 5.91 Å². The largest absolute Gasteiger partial charge is 0.477 e. The number of ether oxygens (including phenoxy) is 1. The molecule has 8 heteroatoms. The summed E-state index contributed by atoms with van der Waals surface area (Å²) in [5, 5.41) is 6.95. The molecule has 5 rings (SSSR count). The average Bonchev–Trinajstić information content (AvgIpc) is 3.36. The summed E-state index contributed by atoms with van der Waals surface area (Å²) in [5.74, 6) is 0.118. The second-order valence-electron chi connectivity index (χ2n) is 7.42. The second-order valence-corrected chi connectivity index (χ2v) is 7.42. The second kappa shape index (κ2) is 8.50. The molecule has 0 radical (unpaired) electrons. The maximum Gasteiger partial charge on any atom is 0.268 e. The highest BCUT2D eigenvalue weighted by molar-refractivity contribution is 5.94. The summed E-state index contributed by atoms with van der Waals surface area (Å²) in [6, 6.07) is 20.3. The number of carbonyl (C=O) groups excluding carboxylic acids is 1. The van der Waals surface area contributed by atoms with E-state index in [1.807, 2.05) is 60.8 Å². The van der Waals surface area contributed by atoms with E-state index in [-0.39, 0.29) is 11.7 Å². The highest BCUT2D eigenvalue weighted by Gasteiger charge is 2.31. The Morgan fingerprint density at radius 2 is 1.94 bits per heavy atom. The molecule has 4 aromatic rings. The van der Waals surface area contributed by atoms with Crippen molar-refractivity contribution >= 4 is 17.4 Å². The lowest BCUT2D eigenvalue weighted by atomic mass is 10.1. The third-order valence-corrected chi connectivity index (χ3v) is 5.21. The average molecular weight is 429 g/mol. The fourth-order valence-electron chi connectivity index (χ4n) is 3.65. The number of fused-ring (bicyclic) bond motifs is 1. The molecule has 1 aliphatic rings. The molecule has 7 nitrogen and oxygen atoms in total. The molecule has 1 atom stereocenters. The van der Waals surface area contributed by atoms with Gasteiger partial charge in [0.15, 0.2) is 6.10 Å². The van der Waals surface area contributed by atoms with Gasteiger partial charge in [-0.15, -0.1) is 0 Å². The quantitative estimate of drug-likeness (QED) is 0.522. The number of anilines is 2. The van der Waals surface area contributed by atoms with Crippen molar-refractivity contribution in [1.82, 2.24) is 14.8 Å². The minimum atomic E-state index is -0.736. The zero-order valence-electron chi connectivity index (χ0n) is 17.1. The number of nitrogens with zero attached hydrogens (tertiary/aromatic N) is 4. The van der Waals surface area contributed by atoms with Crippen LogP contribution in [-0.4, -0.2) is 33.3 Å². The summed E-state index contributed by atoms with van der Waals surface area (Å²) in [5.41, 5.74) is 3.00. The lowest BCUT2D eigenvalue weighted by molar-refractivity contribution is -0.122. The van der Waals surface area contributed by atoms with Gasteiger partial charge in [-0.3, -0.25) is 4.79 Å². The molecule has 0 aliphatic carbocycles. The number of amides is 1. The van der Waals surface area contributed by atoms with Gasteiger partial charge in [0, 0.05) is 18.9 Å². The van der Waals surface area contributed by atoms with E-state index in [9.17, 15) is 9.18 Å². The van der Waals surface area contributed by atoms with Gasteiger partial charge < -0.3 is 15.0 Å². The summed E-state index contributed by atoms with van der Waals surface area (Å²) in [6.45, 7) is 0.975. The molecule has 3 heterocycles. The number of benzene rings is 2. The molecule has 1 aliphatic heterocycles. The standard InChI is InChI=1S/C24H20FN5O2/c25-18-8-11-23(26-14-18)28-24(31)22-16-29(20-4-1-2-5-21(20)32-22)15-17-6-9-19(10-7-17)30-13-3-12-27-30/h1-14,22H,15-16H2,(H,26,28,31). The molecular weight excluding hydrogens is 409 g/mol. The fraction of sp³-hybridized carbons (Fsp3) is 0.125. The van der Waals surface area contributed by atoms with Gasteiger partial charge in [0.2, 0.25) is 0 Å². The number of pyridine rings is 1. The van der Waals surface area contributed by atoms with E-state index in [2.05, 4.69) is 20.3 Å². The maximum atomic E-state index is 13.1. The normalized spacial score (nSPS) is 15.0. The number of para-hydroxylation sites is 2. The van der Waals surface area contributed by atoms with Gasteiger partial charge in [0.1, 0.15) is 17.4 Å². The Morgan fingerprint density at radius 3 is 2.69 bits per heavy atom. The van der Waals surface area contributed by atoms with E-state index in [4.69, 9.17) is 4.74 Å². The van der Waals surface area contributed by atoms with E-state index in [0.29, 0.717) is 18.8 Å². The van der Waals surface area contributed by atoms with Gasteiger partial charge in [-0.05, 0) is 48.0 Å². The van der Waals surface area contributed by atoms with Crippen LogP contribution in [0.25, 0.3) is 5.69 Å². The Bertz CT molecular complexity index is 1210. The Morgan fingerprint density at radius 1 is 1.09 bits per heavy atom. The molecule has 0 spiro atoms. The van der Waals surface area contributed by atoms with Gasteiger partial charge in [-0.2, -0.15) is 5.10 Å². The molecule has 2 aromatic carbocycles. The zero-order chi connectivity index (χ0) is 21.9. The molecule has 160 valence electrons. The Kier molecular flexibility index (Phi) is 5.25. The van der Waals surface area contributed by atoms with Crippen LogP contribution in [0.4, 0.5) is 15.9 Å². The first kappa shape index (κ1) is 19.7. The Balaban J connectivity index is 1.34. The third kappa shape index (κ3) is 4.15. The number of nitrogens with one attached hydrogen (secondary N) is 1. The molecular formula is C24H20FN5O2. The lowest BCUT2D eigenvalue weighted by Gasteiger charge is -2.35. The minimum Gasteiger partial charge on any atom is -0.477 e. The van der Waals surface area contributed by atoms with Crippen LogP contribution in [0.2, 0.25) is 0 Å². The fourth-order valence-corrected chi connectivity index (χ4v) is 3.65. The number of hydrogen-bond acceptors (Lipinski definition) is 5. The molecule has 0 saturated carbocycles. The summed E-state index contributed by atoms with van der Waals surface area (Å²) in [6.07, 6.45) is 3.96. The van der Waals surface area contributed by atoms with E-state index in [1.54, 1.807) is 10.9 Å². The predicted octanol–water partition coefficient (Wildman–Crippen LogP) is 3.81. The van der Waals surface area contributed by atoms with Crippen molar-refractivity contribution < 1.29 is 13.9 Å². The molecule has 1 unspecified atom stereocenters. The maximum absolute atomic E-state index is 13.1. The number of rotatable bonds is 5. The van der Waals surface area contributed by atoms with Crippen LogP contribution in [0.5, 0.6) is 5.75 Å². The first-order chi connectivity index (χ1) is 15.7. The molecule has 0 bridgehead atoms. The van der Waals surface area contributed by atoms with Crippen molar-refractivity contribution in [2.75, 3.05) is 16.8 Å². The summed E-state index contributed by atoms with van der Waals surface area (Å²) >= 11 is 0. The van der Waals surface area contributed by atoms with Gasteiger partial charge in [-0.25, -0.2) is 14.1 Å². The van der Waals surface area contributed by atoms with Crippen molar-refractivity contribution in [3.63, 3.8) is 0 Å². The molecule has 1 amide bonds. The number of hydrogen-bond donors (Lipinski definition) is 1. The third-order valence-electron chi connectivity index (χ3n) is 5.21. The van der Waals surface area contributed by atoms with Gasteiger partial charge in [-0.1, -0.05) is 24.3 Å². The molecule has 1 N–H and O–H groups in total.